The summed E-state index contributed by atoms with van der Waals surface area (Å²) in [6, 6.07) is 6.54. The van der Waals surface area contributed by atoms with Gasteiger partial charge in [0.05, 0.1) is 31.6 Å². The summed E-state index contributed by atoms with van der Waals surface area (Å²) in [5.41, 5.74) is 2.40. The number of carbonyl (C=O) groups excluding carboxylic acids is 3. The van der Waals surface area contributed by atoms with Crippen LogP contribution in [-0.4, -0.2) is 84.6 Å². The summed E-state index contributed by atoms with van der Waals surface area (Å²) in [4.78, 5) is 51.4. The minimum atomic E-state index is -0.678. The average molecular weight is 595 g/mol. The van der Waals surface area contributed by atoms with Crippen LogP contribution in [0.2, 0.25) is 0 Å². The minimum Gasteiger partial charge on any atom is -0.463 e. The summed E-state index contributed by atoms with van der Waals surface area (Å²) < 4.78 is 16.4. The molecule has 0 unspecified atom stereocenters. The molecule has 2 N–H and O–H groups in total. The maximum atomic E-state index is 13.4. The zero-order valence-electron chi connectivity index (χ0n) is 25.6. The predicted octanol–water partition coefficient (Wildman–Crippen LogP) is 4.47. The molecule has 12 heteroatoms. The van der Waals surface area contributed by atoms with Crippen molar-refractivity contribution in [1.29, 1.82) is 0 Å². The summed E-state index contributed by atoms with van der Waals surface area (Å²) in [5, 5.41) is 5.52. The maximum absolute atomic E-state index is 13.4. The number of carbonyl (C=O) groups is 3. The first kappa shape index (κ1) is 31.7. The third-order valence-electron chi connectivity index (χ3n) is 6.89. The molecule has 1 saturated heterocycles. The van der Waals surface area contributed by atoms with Crippen LogP contribution in [0.1, 0.15) is 58.3 Å². The van der Waals surface area contributed by atoms with E-state index < -0.39 is 23.7 Å². The molecular weight excluding hydrogens is 552 g/mol. The molecule has 0 spiro atoms. The van der Waals surface area contributed by atoms with E-state index in [4.69, 9.17) is 24.2 Å². The smallest absolute Gasteiger partial charge is 0.410 e. The third-order valence-corrected chi connectivity index (χ3v) is 6.89. The van der Waals surface area contributed by atoms with Crippen molar-refractivity contribution in [3.05, 3.63) is 47.7 Å². The number of rotatable bonds is 8. The van der Waals surface area contributed by atoms with Gasteiger partial charge < -0.3 is 29.7 Å². The fraction of sp³-hybridized carbons (Fsp3) is 0.516. The van der Waals surface area contributed by atoms with E-state index >= 15 is 0 Å². The lowest BCUT2D eigenvalue weighted by Gasteiger charge is -2.39. The van der Waals surface area contributed by atoms with Crippen LogP contribution in [0.15, 0.2) is 36.4 Å². The fourth-order valence-electron chi connectivity index (χ4n) is 5.01. The molecule has 1 atom stereocenters. The fourth-order valence-corrected chi connectivity index (χ4v) is 5.01. The zero-order valence-corrected chi connectivity index (χ0v) is 25.6. The summed E-state index contributed by atoms with van der Waals surface area (Å²) in [6.07, 6.45) is 3.54. The second-order valence-corrected chi connectivity index (χ2v) is 11.2. The topological polar surface area (TPSA) is 135 Å². The minimum absolute atomic E-state index is 0.274. The van der Waals surface area contributed by atoms with Crippen molar-refractivity contribution in [2.24, 2.45) is 0 Å². The van der Waals surface area contributed by atoms with Crippen LogP contribution in [0.25, 0.3) is 11.4 Å². The average Bonchev–Trinajstić information content (AvgIpc) is 2.97. The highest BCUT2D eigenvalue weighted by molar-refractivity contribution is 5.89. The number of hydrogen-bond donors (Lipinski definition) is 2. The number of morpholine rings is 1. The molecule has 232 valence electrons. The Bertz CT molecular complexity index is 1320. The summed E-state index contributed by atoms with van der Waals surface area (Å²) in [5.74, 6) is 0.868. The van der Waals surface area contributed by atoms with E-state index in [0.717, 1.165) is 16.9 Å². The highest BCUT2D eigenvalue weighted by atomic mass is 16.6. The Balaban J connectivity index is 1.77. The van der Waals surface area contributed by atoms with Crippen LogP contribution in [0.5, 0.6) is 0 Å². The molecule has 2 aliphatic heterocycles. The second-order valence-electron chi connectivity index (χ2n) is 11.2. The summed E-state index contributed by atoms with van der Waals surface area (Å²) in [6.45, 7) is 12.9. The number of benzene rings is 1. The lowest BCUT2D eigenvalue weighted by Crippen LogP contribution is -2.45. The molecule has 43 heavy (non-hydrogen) atoms. The lowest BCUT2D eigenvalue weighted by atomic mass is 9.94. The van der Waals surface area contributed by atoms with Crippen LogP contribution in [0, 0.1) is 0 Å². The first-order valence-electron chi connectivity index (χ1n) is 14.8. The number of anilines is 2. The van der Waals surface area contributed by atoms with Crippen molar-refractivity contribution in [3.63, 3.8) is 0 Å². The van der Waals surface area contributed by atoms with Crippen molar-refractivity contribution in [3.8, 4) is 11.4 Å². The number of esters is 1. The molecule has 0 aliphatic carbocycles. The number of aromatic nitrogens is 2. The molecule has 2 aliphatic rings. The summed E-state index contributed by atoms with van der Waals surface area (Å²) in [7, 11) is 0. The van der Waals surface area contributed by atoms with E-state index in [1.165, 1.54) is 6.08 Å². The molecule has 0 radical (unpaired) electrons. The van der Waals surface area contributed by atoms with Crippen molar-refractivity contribution >= 4 is 29.6 Å². The maximum Gasteiger partial charge on any atom is 0.410 e. The van der Waals surface area contributed by atoms with E-state index in [1.54, 1.807) is 30.0 Å². The predicted molar refractivity (Wildman–Crippen MR) is 163 cm³/mol. The van der Waals surface area contributed by atoms with Crippen LogP contribution in [-0.2, 0) is 25.4 Å². The van der Waals surface area contributed by atoms with Crippen molar-refractivity contribution in [2.75, 3.05) is 56.2 Å². The van der Waals surface area contributed by atoms with E-state index in [-0.39, 0.29) is 12.6 Å². The first-order valence-corrected chi connectivity index (χ1v) is 14.8. The highest BCUT2D eigenvalue weighted by Gasteiger charge is 2.37. The molecule has 3 heterocycles. The number of hydrogen-bond acceptors (Lipinski definition) is 9. The lowest BCUT2D eigenvalue weighted by molar-refractivity contribution is -0.137. The van der Waals surface area contributed by atoms with Crippen LogP contribution in [0.3, 0.4) is 0 Å². The van der Waals surface area contributed by atoms with Gasteiger partial charge in [0.15, 0.2) is 5.82 Å². The van der Waals surface area contributed by atoms with Crippen LogP contribution in [0.4, 0.5) is 21.1 Å². The van der Waals surface area contributed by atoms with Crippen LogP contribution >= 0.6 is 0 Å². The van der Waals surface area contributed by atoms with Crippen molar-refractivity contribution in [2.45, 2.75) is 59.1 Å². The van der Waals surface area contributed by atoms with Gasteiger partial charge in [0.1, 0.15) is 11.4 Å². The van der Waals surface area contributed by atoms with Crippen LogP contribution < -0.4 is 15.5 Å². The molecule has 4 rings (SSSR count). The molecule has 1 aromatic heterocycles. The quantitative estimate of drug-likeness (QED) is 0.335. The number of amides is 3. The zero-order chi connectivity index (χ0) is 31.0. The Morgan fingerprint density at radius 1 is 1.07 bits per heavy atom. The van der Waals surface area contributed by atoms with Crippen molar-refractivity contribution in [1.82, 2.24) is 20.2 Å². The van der Waals surface area contributed by atoms with Gasteiger partial charge in [-0.25, -0.2) is 24.4 Å². The van der Waals surface area contributed by atoms with Gasteiger partial charge in [-0.3, -0.25) is 4.90 Å². The van der Waals surface area contributed by atoms with Crippen molar-refractivity contribution < 1.29 is 28.6 Å². The molecular formula is C31H42N6O6. The molecule has 0 saturated carbocycles. The van der Waals surface area contributed by atoms with E-state index in [2.05, 4.69) is 15.5 Å². The Morgan fingerprint density at radius 2 is 1.79 bits per heavy atom. The van der Waals surface area contributed by atoms with E-state index in [9.17, 15) is 14.4 Å². The molecule has 0 bridgehead atoms. The normalized spacial score (nSPS) is 16.9. The Kier molecular flexibility index (Phi) is 10.6. The number of urea groups is 1. The third kappa shape index (κ3) is 8.44. The monoisotopic (exact) mass is 594 g/mol. The van der Waals surface area contributed by atoms with E-state index in [0.29, 0.717) is 69.4 Å². The van der Waals surface area contributed by atoms with Gasteiger partial charge in [-0.15, -0.1) is 0 Å². The first-order chi connectivity index (χ1) is 20.6. The molecule has 1 aromatic carbocycles. The number of ether oxygens (including phenoxy) is 3. The SMILES string of the molecule is CCNC(=O)Nc1ccc(-c2nc3c(c(N4CCOCC4)n2)CCN(C(=O)OC(C)(C)C)[C@@H]3C/C=C/C(=O)OCC)cc1. The second kappa shape index (κ2) is 14.3. The molecule has 1 fully saturated rings. The van der Waals surface area contributed by atoms with Gasteiger partial charge in [0, 0.05) is 49.1 Å². The van der Waals surface area contributed by atoms with Gasteiger partial charge in [-0.05, 0) is 71.7 Å². The Morgan fingerprint density at radius 3 is 2.44 bits per heavy atom. The largest absolute Gasteiger partial charge is 0.463 e. The molecule has 3 amide bonds. The number of fused-ring (bicyclic) bond motifs is 1. The standard InChI is InChI=1S/C31H42N6O6/c1-6-32-29(39)33-22-13-11-21(12-14-22)27-34-26-23(28(35-27)36-17-19-41-20-18-36)15-16-37(30(40)43-31(3,4)5)24(26)9-8-10-25(38)42-7-2/h8,10-14,24H,6-7,9,15-20H2,1-5H3,(H2,32,33,39)/b10-8+/t24-/m1/s1. The van der Waals surface area contributed by atoms with Gasteiger partial charge >= 0.3 is 18.1 Å². The van der Waals surface area contributed by atoms with Gasteiger partial charge in [-0.2, -0.15) is 0 Å². The van der Waals surface area contributed by atoms with Gasteiger partial charge in [0.2, 0.25) is 0 Å². The molecule has 12 nitrogen and oxygen atoms in total. The molecule has 2 aromatic rings. The number of nitrogens with one attached hydrogen (secondary N) is 2. The van der Waals surface area contributed by atoms with Gasteiger partial charge in [0.25, 0.3) is 0 Å². The van der Waals surface area contributed by atoms with E-state index in [1.807, 2.05) is 39.8 Å². The van der Waals surface area contributed by atoms with Gasteiger partial charge in [-0.1, -0.05) is 6.08 Å². The number of nitrogens with zero attached hydrogens (tertiary/aromatic N) is 4. The highest BCUT2D eigenvalue weighted by Crippen LogP contribution is 2.38. The Labute approximate surface area is 252 Å². The Hall–Kier alpha value is -4.19. The summed E-state index contributed by atoms with van der Waals surface area (Å²) >= 11 is 0.